The Bertz CT molecular complexity index is 828. The molecular weight excluding hydrogens is 312 g/mol. The van der Waals surface area contributed by atoms with Crippen LogP contribution in [0.2, 0.25) is 5.02 Å². The fourth-order valence-corrected chi connectivity index (χ4v) is 4.27. The summed E-state index contributed by atoms with van der Waals surface area (Å²) in [4.78, 5) is 0.0961. The maximum Gasteiger partial charge on any atom is 0.186 e. The molecule has 2 aromatic rings. The van der Waals surface area contributed by atoms with Gasteiger partial charge in [-0.2, -0.15) is 0 Å². The summed E-state index contributed by atoms with van der Waals surface area (Å²) < 4.78 is 31.0. The van der Waals surface area contributed by atoms with Crippen molar-refractivity contribution in [3.63, 3.8) is 0 Å². The van der Waals surface area contributed by atoms with Crippen LogP contribution in [0.4, 0.5) is 0 Å². The number of hydrogen-bond acceptors (Lipinski definition) is 4. The highest BCUT2D eigenvalue weighted by Crippen LogP contribution is 2.43. The molecule has 3 rings (SSSR count). The zero-order valence-electron chi connectivity index (χ0n) is 11.3. The quantitative estimate of drug-likeness (QED) is 0.874. The Morgan fingerprint density at radius 1 is 1.29 bits per heavy atom. The Hall–Kier alpha value is -1.56. The lowest BCUT2D eigenvalue weighted by Gasteiger charge is -2.13. The fourth-order valence-electron chi connectivity index (χ4n) is 2.43. The van der Waals surface area contributed by atoms with E-state index in [4.69, 9.17) is 16.3 Å². The van der Waals surface area contributed by atoms with Crippen molar-refractivity contribution in [3.05, 3.63) is 52.0 Å². The second-order valence-corrected chi connectivity index (χ2v) is 7.35. The molecule has 0 bridgehead atoms. The van der Waals surface area contributed by atoms with Gasteiger partial charge >= 0.3 is 0 Å². The first-order chi connectivity index (χ1) is 9.92. The lowest BCUT2D eigenvalue weighted by Crippen LogP contribution is -2.05. The van der Waals surface area contributed by atoms with Crippen molar-refractivity contribution in [2.75, 3.05) is 0 Å². The van der Waals surface area contributed by atoms with E-state index < -0.39 is 9.84 Å². The Morgan fingerprint density at radius 3 is 2.76 bits per heavy atom. The molecule has 0 spiro atoms. The number of ether oxygens (including phenoxy) is 1. The van der Waals surface area contributed by atoms with Gasteiger partial charge in [-0.15, -0.1) is 0 Å². The van der Waals surface area contributed by atoms with E-state index in [0.29, 0.717) is 27.5 Å². The van der Waals surface area contributed by atoms with Gasteiger partial charge in [0, 0.05) is 5.56 Å². The van der Waals surface area contributed by atoms with Gasteiger partial charge in [-0.05, 0) is 36.2 Å². The standard InChI is InChI=1S/C15H13ClO4S/c1-9-5-10(7-17)6-13-14(9)20-15-11(8-21(13,18)19)3-2-4-12(15)16/h2-6,17H,7-8H2,1H3. The number of hydrogen-bond donors (Lipinski definition) is 1. The van der Waals surface area contributed by atoms with Crippen LogP contribution in [0.25, 0.3) is 0 Å². The van der Waals surface area contributed by atoms with Crippen molar-refractivity contribution in [2.24, 2.45) is 0 Å². The average molecular weight is 325 g/mol. The predicted octanol–water partition coefficient (Wildman–Crippen LogP) is 3.22. The van der Waals surface area contributed by atoms with Crippen molar-refractivity contribution in [1.29, 1.82) is 0 Å². The molecule has 0 saturated carbocycles. The van der Waals surface area contributed by atoms with E-state index in [2.05, 4.69) is 0 Å². The number of halogens is 1. The lowest BCUT2D eigenvalue weighted by molar-refractivity contribution is 0.281. The van der Waals surface area contributed by atoms with Crippen molar-refractivity contribution in [1.82, 2.24) is 0 Å². The first kappa shape index (κ1) is 14.4. The van der Waals surface area contributed by atoms with E-state index in [1.165, 1.54) is 6.07 Å². The fraction of sp³-hybridized carbons (Fsp3) is 0.200. The summed E-state index contributed by atoms with van der Waals surface area (Å²) in [5.74, 6) is 0.477. The van der Waals surface area contributed by atoms with Crippen molar-refractivity contribution < 1.29 is 18.3 Å². The van der Waals surface area contributed by atoms with Crippen LogP contribution in [0.5, 0.6) is 11.5 Å². The number of fused-ring (bicyclic) bond motifs is 2. The monoisotopic (exact) mass is 324 g/mol. The molecule has 0 amide bonds. The van der Waals surface area contributed by atoms with Crippen molar-refractivity contribution in [2.45, 2.75) is 24.2 Å². The zero-order chi connectivity index (χ0) is 15.2. The number of sulfone groups is 1. The van der Waals surface area contributed by atoms with Crippen LogP contribution in [0, 0.1) is 6.92 Å². The van der Waals surface area contributed by atoms with E-state index in [1.54, 1.807) is 31.2 Å². The first-order valence-electron chi connectivity index (χ1n) is 6.35. The number of benzene rings is 2. The molecule has 0 fully saturated rings. The lowest BCUT2D eigenvalue weighted by atomic mass is 10.1. The molecule has 2 aromatic carbocycles. The van der Waals surface area contributed by atoms with Crippen molar-refractivity contribution >= 4 is 21.4 Å². The normalized spacial score (nSPS) is 15.6. The Labute approximate surface area is 127 Å². The zero-order valence-corrected chi connectivity index (χ0v) is 12.8. The Kier molecular flexibility index (Phi) is 3.43. The maximum atomic E-state index is 12.6. The van der Waals surface area contributed by atoms with Gasteiger partial charge in [0.05, 0.1) is 17.4 Å². The minimum Gasteiger partial charge on any atom is -0.454 e. The number of aryl methyl sites for hydroxylation is 1. The molecule has 1 N–H and O–H groups in total. The van der Waals surface area contributed by atoms with Gasteiger partial charge in [0.1, 0.15) is 16.4 Å². The second kappa shape index (κ2) is 5.02. The number of aliphatic hydroxyl groups excluding tert-OH is 1. The van der Waals surface area contributed by atoms with Crippen LogP contribution in [0.3, 0.4) is 0 Å². The smallest absolute Gasteiger partial charge is 0.186 e. The highest BCUT2D eigenvalue weighted by Gasteiger charge is 2.29. The molecule has 0 radical (unpaired) electrons. The Balaban J connectivity index is 2.32. The van der Waals surface area contributed by atoms with Crippen molar-refractivity contribution in [3.8, 4) is 11.5 Å². The minimum absolute atomic E-state index is 0.0961. The molecule has 0 aromatic heterocycles. The second-order valence-electron chi connectivity index (χ2n) is 4.99. The highest BCUT2D eigenvalue weighted by molar-refractivity contribution is 7.90. The average Bonchev–Trinajstić information content (AvgIpc) is 2.54. The molecule has 4 nitrogen and oxygen atoms in total. The van der Waals surface area contributed by atoms with Gasteiger partial charge in [-0.25, -0.2) is 8.42 Å². The third kappa shape index (κ3) is 2.41. The molecule has 0 aliphatic carbocycles. The highest BCUT2D eigenvalue weighted by atomic mass is 35.5. The summed E-state index contributed by atoms with van der Waals surface area (Å²) in [6.45, 7) is 1.52. The van der Waals surface area contributed by atoms with Gasteiger partial charge in [-0.3, -0.25) is 0 Å². The summed E-state index contributed by atoms with van der Waals surface area (Å²) in [5.41, 5.74) is 1.71. The van der Waals surface area contributed by atoms with Crippen LogP contribution in [0.1, 0.15) is 16.7 Å². The van der Waals surface area contributed by atoms with Gasteiger partial charge in [0.15, 0.2) is 9.84 Å². The number of rotatable bonds is 1. The van der Waals surface area contributed by atoms with Crippen LogP contribution in [-0.2, 0) is 22.2 Å². The Morgan fingerprint density at radius 2 is 2.05 bits per heavy atom. The molecule has 1 aliphatic heterocycles. The molecular formula is C15H13ClO4S. The summed E-state index contributed by atoms with van der Waals surface area (Å²) >= 11 is 6.13. The third-order valence-corrected chi connectivity index (χ3v) is 5.38. The van der Waals surface area contributed by atoms with E-state index in [-0.39, 0.29) is 23.0 Å². The van der Waals surface area contributed by atoms with E-state index in [0.717, 1.165) is 0 Å². The predicted molar refractivity (Wildman–Crippen MR) is 79.5 cm³/mol. The van der Waals surface area contributed by atoms with Crippen LogP contribution >= 0.6 is 11.6 Å². The first-order valence-corrected chi connectivity index (χ1v) is 8.38. The largest absolute Gasteiger partial charge is 0.454 e. The van der Waals surface area contributed by atoms with E-state index >= 15 is 0 Å². The molecule has 6 heteroatoms. The van der Waals surface area contributed by atoms with E-state index in [1.807, 2.05) is 0 Å². The van der Waals surface area contributed by atoms with Gasteiger partial charge < -0.3 is 9.84 Å². The molecule has 1 heterocycles. The van der Waals surface area contributed by atoms with Crippen LogP contribution < -0.4 is 4.74 Å². The molecule has 21 heavy (non-hydrogen) atoms. The maximum absolute atomic E-state index is 12.6. The molecule has 0 saturated heterocycles. The van der Waals surface area contributed by atoms with E-state index in [9.17, 15) is 13.5 Å². The summed E-state index contributed by atoms with van der Waals surface area (Å²) in [6, 6.07) is 8.21. The van der Waals surface area contributed by atoms with Crippen LogP contribution in [0.15, 0.2) is 35.2 Å². The van der Waals surface area contributed by atoms with Gasteiger partial charge in [0.25, 0.3) is 0 Å². The summed E-state index contributed by atoms with van der Waals surface area (Å²) in [7, 11) is -3.56. The third-order valence-electron chi connectivity index (χ3n) is 3.42. The minimum atomic E-state index is -3.56. The summed E-state index contributed by atoms with van der Waals surface area (Å²) in [6.07, 6.45) is 0. The van der Waals surface area contributed by atoms with Gasteiger partial charge in [-0.1, -0.05) is 23.7 Å². The molecule has 0 atom stereocenters. The molecule has 1 aliphatic rings. The number of para-hydroxylation sites is 1. The molecule has 0 unspecified atom stereocenters. The summed E-state index contributed by atoms with van der Waals surface area (Å²) in [5, 5.41) is 9.64. The topological polar surface area (TPSA) is 63.6 Å². The SMILES string of the molecule is Cc1cc(CO)cc2c1Oc1c(Cl)cccc1CS2(=O)=O. The van der Waals surface area contributed by atoms with Gasteiger partial charge in [0.2, 0.25) is 0 Å². The van der Waals surface area contributed by atoms with Crippen LogP contribution in [-0.4, -0.2) is 13.5 Å². The number of aliphatic hydroxyl groups is 1. The molecule has 110 valence electrons.